The van der Waals surface area contributed by atoms with E-state index in [9.17, 15) is 14.4 Å². The number of hydrogen-bond acceptors (Lipinski definition) is 5. The monoisotopic (exact) mass is 412 g/mol. The van der Waals surface area contributed by atoms with E-state index in [4.69, 9.17) is 9.15 Å². The molecule has 4 aromatic rings. The van der Waals surface area contributed by atoms with Crippen LogP contribution in [0.2, 0.25) is 0 Å². The number of Topliss-reactive ketones (excluding diaryl/α,β-unsaturated/α-hetero) is 1. The molecule has 0 aliphatic rings. The average Bonchev–Trinajstić information content (AvgIpc) is 2.78. The van der Waals surface area contributed by atoms with E-state index in [1.54, 1.807) is 66.7 Å². The molecule has 0 saturated carbocycles. The Hall–Kier alpha value is -3.99. The number of benzene rings is 3. The predicted octanol–water partition coefficient (Wildman–Crippen LogP) is 5.19. The highest BCUT2D eigenvalue weighted by atomic mass is 16.5. The molecule has 0 N–H and O–H groups in total. The summed E-state index contributed by atoms with van der Waals surface area (Å²) in [4.78, 5) is 38.6. The van der Waals surface area contributed by atoms with E-state index in [-0.39, 0.29) is 11.3 Å². The van der Waals surface area contributed by atoms with E-state index in [2.05, 4.69) is 0 Å². The van der Waals surface area contributed by atoms with Crippen LogP contribution in [0.5, 0.6) is 0 Å². The Kier molecular flexibility index (Phi) is 5.50. The highest BCUT2D eigenvalue weighted by Crippen LogP contribution is 2.25. The lowest BCUT2D eigenvalue weighted by molar-refractivity contribution is 0.0276. The minimum absolute atomic E-state index is 0.257. The molecule has 1 atom stereocenters. The number of aryl methyl sites for hydroxylation is 2. The van der Waals surface area contributed by atoms with Crippen LogP contribution in [-0.2, 0) is 4.74 Å². The van der Waals surface area contributed by atoms with Gasteiger partial charge in [-0.05, 0) is 43.2 Å². The molecule has 3 aromatic carbocycles. The number of rotatable bonds is 5. The summed E-state index contributed by atoms with van der Waals surface area (Å²) in [6, 6.07) is 22.4. The van der Waals surface area contributed by atoms with Crippen molar-refractivity contribution in [3.05, 3.63) is 117 Å². The van der Waals surface area contributed by atoms with Crippen molar-refractivity contribution in [3.63, 3.8) is 0 Å². The van der Waals surface area contributed by atoms with E-state index in [0.717, 1.165) is 11.1 Å². The molecule has 0 spiro atoms. The fourth-order valence-corrected chi connectivity index (χ4v) is 3.32. The minimum Gasteiger partial charge on any atom is -0.445 e. The summed E-state index contributed by atoms with van der Waals surface area (Å²) in [5.74, 6) is -1.28. The molecule has 0 fully saturated rings. The van der Waals surface area contributed by atoms with Crippen molar-refractivity contribution >= 4 is 22.7 Å². The molecular formula is C26H20O5. The fourth-order valence-electron chi connectivity index (χ4n) is 3.32. The number of para-hydroxylation sites is 1. The second kappa shape index (κ2) is 8.40. The van der Waals surface area contributed by atoms with Gasteiger partial charge < -0.3 is 9.15 Å². The number of esters is 1. The van der Waals surface area contributed by atoms with Gasteiger partial charge in [0.1, 0.15) is 11.1 Å². The Morgan fingerprint density at radius 1 is 0.839 bits per heavy atom. The summed E-state index contributed by atoms with van der Waals surface area (Å²) >= 11 is 0. The van der Waals surface area contributed by atoms with Gasteiger partial charge in [-0.3, -0.25) is 4.79 Å². The molecule has 1 heterocycles. The van der Waals surface area contributed by atoms with E-state index in [1.165, 1.54) is 6.07 Å². The average molecular weight is 412 g/mol. The minimum atomic E-state index is -1.19. The lowest BCUT2D eigenvalue weighted by Gasteiger charge is -2.18. The van der Waals surface area contributed by atoms with Crippen molar-refractivity contribution in [2.75, 3.05) is 0 Å². The van der Waals surface area contributed by atoms with Crippen molar-refractivity contribution in [2.45, 2.75) is 20.0 Å². The van der Waals surface area contributed by atoms with Gasteiger partial charge in [-0.25, -0.2) is 9.59 Å². The molecule has 154 valence electrons. The molecule has 4 rings (SSSR count). The number of ether oxygens (including phenoxy) is 1. The number of carbonyl (C=O) groups excluding carboxylic acids is 2. The van der Waals surface area contributed by atoms with Crippen LogP contribution in [0.1, 0.15) is 43.5 Å². The van der Waals surface area contributed by atoms with Crippen LogP contribution in [0.4, 0.5) is 0 Å². The van der Waals surface area contributed by atoms with E-state index in [0.29, 0.717) is 22.1 Å². The first-order valence-electron chi connectivity index (χ1n) is 9.84. The summed E-state index contributed by atoms with van der Waals surface area (Å²) in [5, 5.41) is 0.589. The number of ketones is 1. The van der Waals surface area contributed by atoms with Crippen LogP contribution in [0, 0.1) is 13.8 Å². The second-order valence-corrected chi connectivity index (χ2v) is 7.34. The molecule has 31 heavy (non-hydrogen) atoms. The smallest absolute Gasteiger partial charge is 0.351 e. The van der Waals surface area contributed by atoms with Gasteiger partial charge in [0.25, 0.3) is 0 Å². The Bertz CT molecular complexity index is 1340. The lowest BCUT2D eigenvalue weighted by Crippen LogP contribution is -2.23. The SMILES string of the molecule is Cc1ccc(C(=O)C(OC(=O)c2cc3ccccc3oc2=O)c2ccccc2)cc1C. The third-order valence-electron chi connectivity index (χ3n) is 5.22. The van der Waals surface area contributed by atoms with E-state index >= 15 is 0 Å². The quantitative estimate of drug-likeness (QED) is 0.256. The second-order valence-electron chi connectivity index (χ2n) is 7.34. The molecule has 5 heteroatoms. The molecular weight excluding hydrogens is 392 g/mol. The number of hydrogen-bond donors (Lipinski definition) is 0. The van der Waals surface area contributed by atoms with Gasteiger partial charge in [0.15, 0.2) is 6.10 Å². The van der Waals surface area contributed by atoms with Crippen molar-refractivity contribution in [2.24, 2.45) is 0 Å². The maximum absolute atomic E-state index is 13.3. The highest BCUT2D eigenvalue weighted by Gasteiger charge is 2.28. The fraction of sp³-hybridized carbons (Fsp3) is 0.115. The van der Waals surface area contributed by atoms with Crippen LogP contribution >= 0.6 is 0 Å². The van der Waals surface area contributed by atoms with Gasteiger partial charge in [-0.15, -0.1) is 0 Å². The normalized spacial score (nSPS) is 11.8. The topological polar surface area (TPSA) is 73.6 Å². The maximum atomic E-state index is 13.3. The molecule has 0 bridgehead atoms. The summed E-state index contributed by atoms with van der Waals surface area (Å²) in [6.07, 6.45) is -1.19. The maximum Gasteiger partial charge on any atom is 0.351 e. The van der Waals surface area contributed by atoms with Crippen molar-refractivity contribution in [1.29, 1.82) is 0 Å². The van der Waals surface area contributed by atoms with Crippen LogP contribution in [-0.4, -0.2) is 11.8 Å². The predicted molar refractivity (Wildman–Crippen MR) is 117 cm³/mol. The van der Waals surface area contributed by atoms with Crippen molar-refractivity contribution < 1.29 is 18.7 Å². The van der Waals surface area contributed by atoms with Gasteiger partial charge >= 0.3 is 11.6 Å². The largest absolute Gasteiger partial charge is 0.445 e. The van der Waals surface area contributed by atoms with Gasteiger partial charge in [-0.2, -0.15) is 0 Å². The summed E-state index contributed by atoms with van der Waals surface area (Å²) < 4.78 is 10.8. The molecule has 0 aliphatic heterocycles. The zero-order valence-electron chi connectivity index (χ0n) is 17.1. The van der Waals surface area contributed by atoms with Crippen LogP contribution < -0.4 is 5.63 Å². The molecule has 0 radical (unpaired) electrons. The van der Waals surface area contributed by atoms with Crippen LogP contribution in [0.25, 0.3) is 11.0 Å². The molecule has 0 aliphatic carbocycles. The summed E-state index contributed by atoms with van der Waals surface area (Å²) in [5.41, 5.74) is 2.26. The number of fused-ring (bicyclic) bond motifs is 1. The first kappa shape index (κ1) is 20.3. The van der Waals surface area contributed by atoms with Crippen molar-refractivity contribution in [3.8, 4) is 0 Å². The zero-order valence-corrected chi connectivity index (χ0v) is 17.1. The molecule has 0 amide bonds. The standard InChI is InChI=1S/C26H20O5/c1-16-12-13-20(14-17(16)2)23(27)24(18-8-4-3-5-9-18)31-26(29)21-15-19-10-6-7-11-22(19)30-25(21)28/h3-15,24H,1-2H3. The zero-order chi connectivity index (χ0) is 22.0. The van der Waals surface area contributed by atoms with Gasteiger partial charge in [0, 0.05) is 16.5 Å². The first-order chi connectivity index (χ1) is 14.9. The van der Waals surface area contributed by atoms with E-state index < -0.39 is 17.7 Å². The molecule has 1 unspecified atom stereocenters. The molecule has 0 saturated heterocycles. The van der Waals surface area contributed by atoms with Crippen LogP contribution in [0.3, 0.4) is 0 Å². The first-order valence-corrected chi connectivity index (χ1v) is 9.84. The Labute approximate surface area is 178 Å². The third-order valence-corrected chi connectivity index (χ3v) is 5.22. The lowest BCUT2D eigenvalue weighted by atomic mass is 9.97. The molecule has 1 aromatic heterocycles. The Balaban J connectivity index is 1.72. The Morgan fingerprint density at radius 2 is 1.55 bits per heavy atom. The van der Waals surface area contributed by atoms with Gasteiger partial charge in [0.05, 0.1) is 0 Å². The van der Waals surface area contributed by atoms with Crippen molar-refractivity contribution in [1.82, 2.24) is 0 Å². The van der Waals surface area contributed by atoms with E-state index in [1.807, 2.05) is 19.9 Å². The Morgan fingerprint density at radius 3 is 2.29 bits per heavy atom. The number of carbonyl (C=O) groups is 2. The third kappa shape index (κ3) is 4.16. The van der Waals surface area contributed by atoms with Crippen LogP contribution in [0.15, 0.2) is 88.1 Å². The summed E-state index contributed by atoms with van der Waals surface area (Å²) in [7, 11) is 0. The van der Waals surface area contributed by atoms with Gasteiger partial charge in [-0.1, -0.05) is 60.7 Å². The highest BCUT2D eigenvalue weighted by molar-refractivity contribution is 6.02. The molecule has 5 nitrogen and oxygen atoms in total. The summed E-state index contributed by atoms with van der Waals surface area (Å²) in [6.45, 7) is 3.87. The van der Waals surface area contributed by atoms with Gasteiger partial charge in [0.2, 0.25) is 5.78 Å².